The summed E-state index contributed by atoms with van der Waals surface area (Å²) in [5.74, 6) is -0.849. The number of carboxylic acids is 1. The molecule has 3 N–H and O–H groups in total. The zero-order valence-corrected chi connectivity index (χ0v) is 27.0. The number of likely N-dealkylation sites (tertiary alicyclic amines) is 1. The summed E-state index contributed by atoms with van der Waals surface area (Å²) >= 11 is 0. The number of ether oxygens (including phenoxy) is 1. The third kappa shape index (κ3) is 7.08. The number of benzene rings is 3. The van der Waals surface area contributed by atoms with Crippen LogP contribution < -0.4 is 14.9 Å². The minimum absolute atomic E-state index is 0.215. The van der Waals surface area contributed by atoms with E-state index in [-0.39, 0.29) is 24.2 Å². The molecule has 3 heterocycles. The van der Waals surface area contributed by atoms with Gasteiger partial charge in [0.05, 0.1) is 19.8 Å². The lowest BCUT2D eigenvalue weighted by Crippen LogP contribution is -2.27. The molecule has 1 saturated heterocycles. The van der Waals surface area contributed by atoms with Crippen molar-refractivity contribution in [3.63, 3.8) is 0 Å². The number of hydroxylamine groups is 2. The van der Waals surface area contributed by atoms with E-state index in [0.717, 1.165) is 46.3 Å². The van der Waals surface area contributed by atoms with Crippen LogP contribution in [0.15, 0.2) is 66.9 Å². The van der Waals surface area contributed by atoms with E-state index >= 15 is 4.39 Å². The van der Waals surface area contributed by atoms with Gasteiger partial charge in [0, 0.05) is 54.3 Å². The number of halogens is 1. The van der Waals surface area contributed by atoms with Crippen molar-refractivity contribution in [3.05, 3.63) is 106 Å². The molecular weight excluding hydrogens is 615 g/mol. The number of nitrogens with zero attached hydrogens (tertiary/aromatic N) is 3. The molecule has 2 aliphatic rings. The summed E-state index contributed by atoms with van der Waals surface area (Å²) in [5.41, 5.74) is 6.96. The third-order valence-corrected chi connectivity index (χ3v) is 8.80. The number of β-amino-alcohol motifs (C(OH)–C–C–N with tert-alkyl or cyclic N) is 1. The van der Waals surface area contributed by atoms with Gasteiger partial charge in [0.15, 0.2) is 5.75 Å². The molecule has 1 unspecified atom stereocenters. The van der Waals surface area contributed by atoms with Crippen LogP contribution in [-0.4, -0.2) is 69.9 Å². The van der Waals surface area contributed by atoms with Gasteiger partial charge in [-0.1, -0.05) is 42.5 Å². The van der Waals surface area contributed by atoms with Crippen molar-refractivity contribution in [3.8, 4) is 22.6 Å². The van der Waals surface area contributed by atoms with Gasteiger partial charge in [0.1, 0.15) is 23.8 Å². The van der Waals surface area contributed by atoms with Crippen LogP contribution >= 0.6 is 0 Å². The number of hydrogen-bond acceptors (Lipinski definition) is 8. The highest BCUT2D eigenvalue weighted by molar-refractivity contribution is 6.04. The van der Waals surface area contributed by atoms with Crippen molar-refractivity contribution in [1.29, 1.82) is 0 Å². The lowest BCUT2D eigenvalue weighted by Gasteiger charge is -2.18. The van der Waals surface area contributed by atoms with Crippen LogP contribution in [0.3, 0.4) is 0 Å². The first-order chi connectivity index (χ1) is 23.1. The molecule has 1 fully saturated rings. The van der Waals surface area contributed by atoms with Gasteiger partial charge < -0.3 is 25.1 Å². The van der Waals surface area contributed by atoms with Crippen LogP contribution in [0.5, 0.6) is 11.5 Å². The number of carboxylic acid groups (broad SMARTS) is 1. The number of fused-ring (bicyclic) bond motifs is 1. The van der Waals surface area contributed by atoms with Gasteiger partial charge >= 0.3 is 5.97 Å². The van der Waals surface area contributed by atoms with Crippen molar-refractivity contribution < 1.29 is 33.8 Å². The third-order valence-electron chi connectivity index (χ3n) is 8.80. The molecule has 0 bridgehead atoms. The van der Waals surface area contributed by atoms with Crippen LogP contribution in [0.25, 0.3) is 23.0 Å². The van der Waals surface area contributed by atoms with Crippen molar-refractivity contribution in [2.45, 2.75) is 39.5 Å². The number of aliphatic carboxylic acids is 1. The first kappa shape index (κ1) is 32.8. The maximum absolute atomic E-state index is 15.6. The van der Waals surface area contributed by atoms with E-state index in [1.54, 1.807) is 37.6 Å². The molecule has 2 aliphatic heterocycles. The summed E-state index contributed by atoms with van der Waals surface area (Å²) in [7, 11) is 1.56. The second-order valence-corrected chi connectivity index (χ2v) is 12.1. The van der Waals surface area contributed by atoms with Crippen LogP contribution in [0.2, 0.25) is 0 Å². The van der Waals surface area contributed by atoms with E-state index in [1.807, 2.05) is 50.2 Å². The number of aromatic nitrogens is 1. The number of aliphatic hydroxyl groups is 1. The van der Waals surface area contributed by atoms with Gasteiger partial charge in [-0.2, -0.15) is 0 Å². The zero-order valence-electron chi connectivity index (χ0n) is 27.0. The first-order valence-corrected chi connectivity index (χ1v) is 15.7. The average molecular weight is 653 g/mol. The number of amides is 1. The van der Waals surface area contributed by atoms with Crippen molar-refractivity contribution in [1.82, 2.24) is 14.9 Å². The molecule has 0 radical (unpaired) electrons. The number of methoxy groups -OCH3 is 1. The van der Waals surface area contributed by atoms with Crippen molar-refractivity contribution in [2.75, 3.05) is 32.1 Å². The molecule has 4 aromatic rings. The topological polar surface area (TPSA) is 124 Å². The smallest absolute Gasteiger partial charge is 0.321 e. The fraction of sp³-hybridized carbons (Fsp3) is 0.270. The Labute approximate surface area is 278 Å². The summed E-state index contributed by atoms with van der Waals surface area (Å²) < 4.78 is 21.1. The molecule has 1 amide bonds. The molecule has 0 aliphatic carbocycles. The highest BCUT2D eigenvalue weighted by Crippen LogP contribution is 2.36. The zero-order chi connectivity index (χ0) is 33.9. The fourth-order valence-electron chi connectivity index (χ4n) is 6.18. The van der Waals surface area contributed by atoms with E-state index in [1.165, 1.54) is 11.1 Å². The standard InChI is InChI=1S/C37H37FN4O6/c1-22-24(14-31(38)25-10-11-26-19-42(21-36(44)45)48-35(26)15-25)6-4-7-29(22)30-8-5-9-32(23(30)2)40-37(46)33-16-34(47-3)27(17-39-33)18-41-13-12-28(43)20-41/h4-11,14-17,28,43H,12-13,18-21H2,1-3H3,(H,40,46)(H,44,45)/b31-14-. The van der Waals surface area contributed by atoms with Crippen LogP contribution in [0.4, 0.5) is 10.1 Å². The molecule has 11 heteroatoms. The normalized spacial score (nSPS) is 16.4. The molecule has 3 aromatic carbocycles. The highest BCUT2D eigenvalue weighted by Gasteiger charge is 2.24. The number of anilines is 1. The quantitative estimate of drug-likeness (QED) is 0.181. The summed E-state index contributed by atoms with van der Waals surface area (Å²) in [6.07, 6.45) is 3.52. The molecule has 1 atom stereocenters. The molecular formula is C37H37FN4O6. The number of carbonyl (C=O) groups is 2. The number of pyridine rings is 1. The molecule has 48 heavy (non-hydrogen) atoms. The van der Waals surface area contributed by atoms with E-state index in [0.29, 0.717) is 47.9 Å². The predicted octanol–water partition coefficient (Wildman–Crippen LogP) is 5.85. The monoisotopic (exact) mass is 652 g/mol. The average Bonchev–Trinajstić information content (AvgIpc) is 3.67. The SMILES string of the molecule is COc1cc(C(=O)Nc2cccc(-c3cccc(/C=C(\F)c4ccc5c(c4)ON(CC(=O)O)C5)c3C)c2C)ncc1CN1CCC(O)C1. The van der Waals surface area contributed by atoms with Crippen molar-refractivity contribution >= 4 is 29.5 Å². The van der Waals surface area contributed by atoms with E-state index < -0.39 is 11.8 Å². The van der Waals surface area contributed by atoms with Crippen LogP contribution in [0.1, 0.15) is 50.3 Å². The van der Waals surface area contributed by atoms with Crippen molar-refractivity contribution in [2.24, 2.45) is 0 Å². The van der Waals surface area contributed by atoms with Gasteiger partial charge in [-0.25, -0.2) is 4.39 Å². The summed E-state index contributed by atoms with van der Waals surface area (Å²) in [4.78, 5) is 36.5. The lowest BCUT2D eigenvalue weighted by molar-refractivity contribution is -0.146. The minimum atomic E-state index is -1.01. The highest BCUT2D eigenvalue weighted by atomic mass is 19.1. The molecule has 0 spiro atoms. The van der Waals surface area contributed by atoms with Gasteiger partial charge in [0.25, 0.3) is 5.91 Å². The number of carbonyl (C=O) groups excluding carboxylic acids is 1. The Hall–Kier alpha value is -5.10. The second-order valence-electron chi connectivity index (χ2n) is 12.1. The Morgan fingerprint density at radius 3 is 2.60 bits per heavy atom. The molecule has 248 valence electrons. The summed E-state index contributed by atoms with van der Waals surface area (Å²) in [6.45, 7) is 5.84. The molecule has 6 rings (SSSR count). The maximum atomic E-state index is 15.6. The minimum Gasteiger partial charge on any atom is -0.496 e. The lowest BCUT2D eigenvalue weighted by atomic mass is 9.92. The Bertz CT molecular complexity index is 1910. The molecule has 10 nitrogen and oxygen atoms in total. The number of aliphatic hydroxyl groups excluding tert-OH is 1. The number of rotatable bonds is 10. The largest absolute Gasteiger partial charge is 0.496 e. The van der Waals surface area contributed by atoms with Gasteiger partial charge in [-0.3, -0.25) is 19.5 Å². The Morgan fingerprint density at radius 2 is 1.88 bits per heavy atom. The maximum Gasteiger partial charge on any atom is 0.321 e. The van der Waals surface area contributed by atoms with Gasteiger partial charge in [0.2, 0.25) is 0 Å². The number of hydrogen-bond donors (Lipinski definition) is 3. The van der Waals surface area contributed by atoms with Gasteiger partial charge in [-0.15, -0.1) is 5.06 Å². The predicted molar refractivity (Wildman–Crippen MR) is 180 cm³/mol. The summed E-state index contributed by atoms with van der Waals surface area (Å²) in [6, 6.07) is 17.9. The Kier molecular flexibility index (Phi) is 9.54. The van der Waals surface area contributed by atoms with E-state index in [4.69, 9.17) is 14.7 Å². The Balaban J connectivity index is 1.20. The van der Waals surface area contributed by atoms with E-state index in [9.17, 15) is 14.7 Å². The van der Waals surface area contributed by atoms with Gasteiger partial charge in [-0.05, 0) is 66.3 Å². The second kappa shape index (κ2) is 13.9. The first-order valence-electron chi connectivity index (χ1n) is 15.7. The number of nitrogens with one attached hydrogen (secondary N) is 1. The molecule has 0 saturated carbocycles. The fourth-order valence-corrected chi connectivity index (χ4v) is 6.18. The summed E-state index contributed by atoms with van der Waals surface area (Å²) in [5, 5.41) is 23.2. The van der Waals surface area contributed by atoms with Crippen LogP contribution in [-0.2, 0) is 17.9 Å². The van der Waals surface area contributed by atoms with Crippen LogP contribution in [0, 0.1) is 13.8 Å². The Morgan fingerprint density at radius 1 is 1.10 bits per heavy atom. The van der Waals surface area contributed by atoms with E-state index in [2.05, 4.69) is 15.2 Å². The molecule has 1 aromatic heterocycles.